The van der Waals surface area contributed by atoms with Crippen molar-refractivity contribution in [3.8, 4) is 0 Å². The minimum atomic E-state index is -0.115. The van der Waals surface area contributed by atoms with Gasteiger partial charge in [0.05, 0.1) is 25.8 Å². The van der Waals surface area contributed by atoms with E-state index < -0.39 is 0 Å². The third-order valence-corrected chi connectivity index (χ3v) is 5.81. The van der Waals surface area contributed by atoms with Gasteiger partial charge in [-0.05, 0) is 30.3 Å². The molecule has 1 saturated heterocycles. The van der Waals surface area contributed by atoms with Gasteiger partial charge in [0.1, 0.15) is 0 Å². The lowest BCUT2D eigenvalue weighted by Crippen LogP contribution is -2.49. The van der Waals surface area contributed by atoms with Crippen LogP contribution < -0.4 is 4.90 Å². The Morgan fingerprint density at radius 1 is 0.885 bits per heavy atom. The van der Waals surface area contributed by atoms with E-state index in [9.17, 15) is 9.59 Å². The molecule has 0 N–H and O–H groups in total. The van der Waals surface area contributed by atoms with Crippen LogP contribution in [-0.2, 0) is 0 Å². The third-order valence-electron chi connectivity index (χ3n) is 4.28. The van der Waals surface area contributed by atoms with Gasteiger partial charge in [0.2, 0.25) is 0 Å². The Labute approximate surface area is 171 Å². The molecule has 26 heavy (non-hydrogen) atoms. The highest BCUT2D eigenvalue weighted by Gasteiger charge is 2.25. The number of benzene rings is 2. The van der Waals surface area contributed by atoms with E-state index in [2.05, 4.69) is 0 Å². The van der Waals surface area contributed by atoms with Crippen molar-refractivity contribution in [2.75, 3.05) is 31.1 Å². The van der Waals surface area contributed by atoms with Gasteiger partial charge in [-0.25, -0.2) is 0 Å². The Balaban J connectivity index is 1.75. The van der Waals surface area contributed by atoms with Crippen molar-refractivity contribution in [2.24, 2.45) is 0 Å². The van der Waals surface area contributed by atoms with Crippen LogP contribution in [0.1, 0.15) is 20.7 Å². The quantitative estimate of drug-likeness (QED) is 0.636. The molecule has 1 aliphatic rings. The van der Waals surface area contributed by atoms with E-state index in [-0.39, 0.29) is 5.91 Å². The fourth-order valence-electron chi connectivity index (χ4n) is 2.92. The smallest absolute Gasteiger partial charge is 0.254 e. The summed E-state index contributed by atoms with van der Waals surface area (Å²) in [5, 5.41) is 1.49. The maximum absolute atomic E-state index is 12.7. The lowest BCUT2D eigenvalue weighted by atomic mass is 10.1. The minimum absolute atomic E-state index is 0.115. The largest absolute Gasteiger partial charge is 0.366 e. The van der Waals surface area contributed by atoms with Crippen molar-refractivity contribution in [3.63, 3.8) is 0 Å². The highest BCUT2D eigenvalue weighted by atomic mass is 35.5. The van der Waals surface area contributed by atoms with Crippen molar-refractivity contribution >= 4 is 64.3 Å². The van der Waals surface area contributed by atoms with Gasteiger partial charge in [0, 0.05) is 37.3 Å². The summed E-state index contributed by atoms with van der Waals surface area (Å²) in [4.78, 5) is 27.7. The number of carbonyl (C=O) groups is 2. The first-order chi connectivity index (χ1) is 12.4. The van der Waals surface area contributed by atoms with Crippen LogP contribution in [0.2, 0.25) is 20.1 Å². The SMILES string of the molecule is O=Cc1ccc(Cl)c(Cl)c1N1CCN(C(=O)c2ccc(Cl)c(Cl)c2)CC1. The number of hydrogen-bond donors (Lipinski definition) is 0. The topological polar surface area (TPSA) is 40.6 Å². The van der Waals surface area contributed by atoms with Gasteiger partial charge in [-0.1, -0.05) is 46.4 Å². The molecular weight excluding hydrogens is 418 g/mol. The van der Waals surface area contributed by atoms with Crippen LogP contribution in [-0.4, -0.2) is 43.3 Å². The lowest BCUT2D eigenvalue weighted by molar-refractivity contribution is 0.0746. The second kappa shape index (κ2) is 8.05. The summed E-state index contributed by atoms with van der Waals surface area (Å²) in [7, 11) is 0. The summed E-state index contributed by atoms with van der Waals surface area (Å²) in [6, 6.07) is 8.07. The summed E-state index contributed by atoms with van der Waals surface area (Å²) < 4.78 is 0. The zero-order chi connectivity index (χ0) is 18.8. The molecule has 0 atom stereocenters. The summed E-state index contributed by atoms with van der Waals surface area (Å²) in [6.07, 6.45) is 0.755. The lowest BCUT2D eigenvalue weighted by Gasteiger charge is -2.37. The number of hydrogen-bond acceptors (Lipinski definition) is 3. The molecule has 0 radical (unpaired) electrons. The number of rotatable bonds is 3. The van der Waals surface area contributed by atoms with E-state index in [0.29, 0.717) is 63.1 Å². The van der Waals surface area contributed by atoms with Gasteiger partial charge < -0.3 is 9.80 Å². The van der Waals surface area contributed by atoms with Crippen LogP contribution in [0, 0.1) is 0 Å². The highest BCUT2D eigenvalue weighted by molar-refractivity contribution is 6.44. The summed E-state index contributed by atoms with van der Waals surface area (Å²) in [5.41, 5.74) is 1.57. The van der Waals surface area contributed by atoms with Gasteiger partial charge in [0.15, 0.2) is 6.29 Å². The molecule has 1 heterocycles. The second-order valence-electron chi connectivity index (χ2n) is 5.83. The zero-order valence-electron chi connectivity index (χ0n) is 13.5. The fourth-order valence-corrected chi connectivity index (χ4v) is 3.66. The number of piperazine rings is 1. The van der Waals surface area contributed by atoms with Gasteiger partial charge in [-0.3, -0.25) is 9.59 Å². The molecule has 2 aromatic carbocycles. The molecule has 1 fully saturated rings. The predicted octanol–water partition coefficient (Wildman–Crippen LogP) is 5.08. The van der Waals surface area contributed by atoms with E-state index in [1.165, 1.54) is 0 Å². The van der Waals surface area contributed by atoms with Gasteiger partial charge >= 0.3 is 0 Å². The van der Waals surface area contributed by atoms with Crippen molar-refractivity contribution in [3.05, 3.63) is 61.5 Å². The van der Waals surface area contributed by atoms with Crippen LogP contribution in [0.5, 0.6) is 0 Å². The number of carbonyl (C=O) groups excluding carboxylic acids is 2. The molecule has 0 bridgehead atoms. The number of halogens is 4. The van der Waals surface area contributed by atoms with Crippen molar-refractivity contribution in [1.29, 1.82) is 0 Å². The van der Waals surface area contributed by atoms with E-state index >= 15 is 0 Å². The zero-order valence-corrected chi connectivity index (χ0v) is 16.5. The Kier molecular flexibility index (Phi) is 5.98. The first-order valence-corrected chi connectivity index (χ1v) is 9.36. The third kappa shape index (κ3) is 3.79. The normalized spacial score (nSPS) is 14.5. The monoisotopic (exact) mass is 430 g/mol. The van der Waals surface area contributed by atoms with Crippen LogP contribution in [0.4, 0.5) is 5.69 Å². The maximum atomic E-state index is 12.7. The first kappa shape index (κ1) is 19.3. The molecule has 3 rings (SSSR count). The van der Waals surface area contributed by atoms with Crippen LogP contribution >= 0.6 is 46.4 Å². The van der Waals surface area contributed by atoms with Crippen molar-refractivity contribution in [2.45, 2.75) is 0 Å². The van der Waals surface area contributed by atoms with Gasteiger partial charge in [-0.2, -0.15) is 0 Å². The second-order valence-corrected chi connectivity index (χ2v) is 7.42. The number of aldehydes is 1. The Hall–Kier alpha value is -1.46. The number of anilines is 1. The summed E-state index contributed by atoms with van der Waals surface area (Å²) in [5.74, 6) is -0.115. The van der Waals surface area contributed by atoms with Crippen LogP contribution in [0.25, 0.3) is 0 Å². The first-order valence-electron chi connectivity index (χ1n) is 7.85. The molecule has 0 saturated carbocycles. The molecular formula is C18H14Cl4N2O2. The molecule has 1 aliphatic heterocycles. The average molecular weight is 432 g/mol. The Bertz CT molecular complexity index is 865. The van der Waals surface area contributed by atoms with Gasteiger partial charge in [-0.15, -0.1) is 0 Å². The fraction of sp³-hybridized carbons (Fsp3) is 0.222. The van der Waals surface area contributed by atoms with Crippen molar-refractivity contribution in [1.82, 2.24) is 4.90 Å². The van der Waals surface area contributed by atoms with Crippen LogP contribution in [0.15, 0.2) is 30.3 Å². The van der Waals surface area contributed by atoms with E-state index in [1.807, 2.05) is 4.90 Å². The minimum Gasteiger partial charge on any atom is -0.366 e. The van der Waals surface area contributed by atoms with E-state index in [4.69, 9.17) is 46.4 Å². The molecule has 4 nitrogen and oxygen atoms in total. The molecule has 8 heteroatoms. The summed E-state index contributed by atoms with van der Waals surface area (Å²) in [6.45, 7) is 2.04. The Morgan fingerprint density at radius 3 is 2.15 bits per heavy atom. The molecule has 0 unspecified atom stereocenters. The maximum Gasteiger partial charge on any atom is 0.254 e. The molecule has 136 valence electrons. The van der Waals surface area contributed by atoms with Crippen LogP contribution in [0.3, 0.4) is 0 Å². The van der Waals surface area contributed by atoms with E-state index in [1.54, 1.807) is 35.2 Å². The van der Waals surface area contributed by atoms with Gasteiger partial charge in [0.25, 0.3) is 5.91 Å². The number of amides is 1. The standard InChI is InChI=1S/C18H14Cl4N2O2/c19-13-3-1-11(9-15(13)21)18(26)24-7-5-23(6-8-24)17-12(10-25)2-4-14(20)16(17)22/h1-4,9-10H,5-8H2. The average Bonchev–Trinajstić information content (AvgIpc) is 2.65. The van der Waals surface area contributed by atoms with Crippen molar-refractivity contribution < 1.29 is 9.59 Å². The number of nitrogens with zero attached hydrogens (tertiary/aromatic N) is 2. The Morgan fingerprint density at radius 2 is 1.54 bits per heavy atom. The molecule has 0 spiro atoms. The molecule has 1 amide bonds. The molecule has 0 aromatic heterocycles. The molecule has 0 aliphatic carbocycles. The predicted molar refractivity (Wildman–Crippen MR) is 106 cm³/mol. The summed E-state index contributed by atoms with van der Waals surface area (Å²) >= 11 is 24.3. The van der Waals surface area contributed by atoms with E-state index in [0.717, 1.165) is 6.29 Å². The highest BCUT2D eigenvalue weighted by Crippen LogP contribution is 2.36. The molecule has 2 aromatic rings.